The van der Waals surface area contributed by atoms with Gasteiger partial charge in [0.15, 0.2) is 23.8 Å². The number of guanidine groups is 4. The molecule has 8 atom stereocenters. The number of pyridine rings is 1. The molecule has 0 bridgehead atoms. The van der Waals surface area contributed by atoms with E-state index in [0.717, 1.165) is 89.8 Å². The average molecular weight is 1750 g/mol. The van der Waals surface area contributed by atoms with E-state index in [2.05, 4.69) is 26.8 Å². The van der Waals surface area contributed by atoms with Crippen LogP contribution in [0.25, 0.3) is 43.4 Å². The fourth-order valence-electron chi connectivity index (χ4n) is 18.5. The minimum atomic E-state index is -1.11. The minimum Gasteiger partial charge on any atom is -0.369 e. The van der Waals surface area contributed by atoms with E-state index in [0.29, 0.717) is 61.0 Å². The van der Waals surface area contributed by atoms with Gasteiger partial charge in [0.05, 0.1) is 61.0 Å². The summed E-state index contributed by atoms with van der Waals surface area (Å²) < 4.78 is 27.6. The first kappa shape index (κ1) is 83.7. The second-order valence-electron chi connectivity index (χ2n) is 32.5. The Labute approximate surface area is 733 Å². The number of benzene rings is 4. The molecule has 7 aromatic heterocycles. The molecule has 1 aliphatic carbocycles. The van der Waals surface area contributed by atoms with Gasteiger partial charge in [0, 0.05) is 142 Å². The van der Waals surface area contributed by atoms with Crippen LogP contribution in [0, 0.1) is 64.4 Å². The molecule has 1 saturated carbocycles. The van der Waals surface area contributed by atoms with Crippen LogP contribution in [-0.4, -0.2) is 206 Å². The van der Waals surface area contributed by atoms with Gasteiger partial charge in [-0.2, -0.15) is 5.26 Å². The highest BCUT2D eigenvalue weighted by Gasteiger charge is 2.62. The van der Waals surface area contributed by atoms with E-state index in [1.807, 2.05) is 136 Å². The molecule has 34 heteroatoms. The number of aromatic nitrogens is 3. The SMILES string of the molecule is CC#Cc1cncc(-c2ccc(C34CN(C(=O)C5CCCCC5)CC3C(=O)N(C)C(N)=N4)s2)c1.CN1C(=O)C2CN(C(=O)c3c[nH]c4ccccc34)CC2(c2cccs2)N=C1N.CN1C(=O)C2CN(C(=O)c3cc4ccccc4[nH]3)CC2(c2cccs2)N=C1N.CN1C(=O)C2CN(C(=O)c3cccc(F)c3)C[C@]2(c2cc(-c3ccc(F)c(C#N)c3)cs2)N=C1N. The third-order valence-electron chi connectivity index (χ3n) is 25.2. The van der Waals surface area contributed by atoms with Gasteiger partial charge in [-0.25, -0.2) is 28.8 Å². The molecule has 125 heavy (non-hydrogen) atoms. The molecular weight excluding hydrogens is 1670 g/mol. The number of aliphatic imine (C=N–C) groups is 4. The molecule has 4 saturated heterocycles. The maximum Gasteiger partial charge on any atom is 0.270 e. The van der Waals surface area contributed by atoms with Crippen molar-refractivity contribution in [2.75, 3.05) is 80.5 Å². The van der Waals surface area contributed by atoms with Gasteiger partial charge in [-0.15, -0.1) is 51.3 Å². The lowest BCUT2D eigenvalue weighted by atomic mass is 9.83. The van der Waals surface area contributed by atoms with Crippen molar-refractivity contribution in [3.8, 4) is 39.5 Å². The zero-order chi connectivity index (χ0) is 87.7. The van der Waals surface area contributed by atoms with Crippen molar-refractivity contribution in [1.82, 2.24) is 54.2 Å². The Balaban J connectivity index is 0.000000118. The number of nitrogens with one attached hydrogen (secondary N) is 2. The Bertz CT molecular complexity index is 6390. The third-order valence-corrected chi connectivity index (χ3v) is 29.7. The lowest BCUT2D eigenvalue weighted by Gasteiger charge is -2.36. The molecule has 4 aromatic carbocycles. The zero-order valence-electron chi connectivity index (χ0n) is 68.6. The molecule has 5 fully saturated rings. The van der Waals surface area contributed by atoms with Gasteiger partial charge in [0.2, 0.25) is 29.5 Å². The van der Waals surface area contributed by atoms with Crippen molar-refractivity contribution in [2.45, 2.75) is 61.2 Å². The highest BCUT2D eigenvalue weighted by atomic mass is 32.1. The number of aromatic amines is 2. The Kier molecular flexibility index (Phi) is 22.3. The summed E-state index contributed by atoms with van der Waals surface area (Å²) in [5.74, 6) is 2.42. The summed E-state index contributed by atoms with van der Waals surface area (Å²) in [5, 5.41) is 16.8. The maximum absolute atomic E-state index is 13.8. The first-order valence-corrected chi connectivity index (χ1v) is 44.1. The Morgan fingerprint density at radius 2 is 1.06 bits per heavy atom. The number of fused-ring (bicyclic) bond motifs is 6. The van der Waals surface area contributed by atoms with Gasteiger partial charge in [-0.05, 0) is 132 Å². The Morgan fingerprint density at radius 1 is 0.520 bits per heavy atom. The summed E-state index contributed by atoms with van der Waals surface area (Å²) in [6, 6.07) is 44.5. The van der Waals surface area contributed by atoms with E-state index in [9.17, 15) is 52.4 Å². The van der Waals surface area contributed by atoms with Crippen molar-refractivity contribution >= 4 is 138 Å². The van der Waals surface area contributed by atoms with Crippen molar-refractivity contribution in [3.63, 3.8) is 0 Å². The number of likely N-dealkylation sites (tertiary alicyclic amines) is 4. The van der Waals surface area contributed by atoms with Crippen LogP contribution in [0.4, 0.5) is 8.78 Å². The third kappa shape index (κ3) is 14.9. The number of nitrogens with zero attached hydrogens (tertiary/aromatic N) is 14. The fourth-order valence-corrected chi connectivity index (χ4v) is 22.7. The van der Waals surface area contributed by atoms with Gasteiger partial charge in [-0.1, -0.05) is 85.8 Å². The number of thiophene rings is 4. The Morgan fingerprint density at radius 3 is 1.63 bits per heavy atom. The number of para-hydroxylation sites is 2. The minimum absolute atomic E-state index is 0.0369. The number of carbonyl (C=O) groups excluding carboxylic acids is 8. The maximum atomic E-state index is 13.8. The van der Waals surface area contributed by atoms with Crippen LogP contribution in [0.15, 0.2) is 200 Å². The van der Waals surface area contributed by atoms with Crippen LogP contribution >= 0.6 is 45.3 Å². The summed E-state index contributed by atoms with van der Waals surface area (Å²) in [7, 11) is 6.44. The lowest BCUT2D eigenvalue weighted by molar-refractivity contribution is -0.136. The van der Waals surface area contributed by atoms with Crippen LogP contribution < -0.4 is 22.9 Å². The van der Waals surface area contributed by atoms with Crippen LogP contribution in [0.3, 0.4) is 0 Å². The van der Waals surface area contributed by atoms with E-state index in [4.69, 9.17) is 42.9 Å². The van der Waals surface area contributed by atoms with Crippen LogP contribution in [-0.2, 0) is 46.1 Å². The summed E-state index contributed by atoms with van der Waals surface area (Å²) >= 11 is 6.00. The summed E-state index contributed by atoms with van der Waals surface area (Å²) in [6.45, 7) is 4.02. The summed E-state index contributed by atoms with van der Waals surface area (Å²) in [4.78, 5) is 152. The standard InChI is InChI=1S/C26H29N5O2S.C25H19F2N5O2S.2C20H19N5O2S/c1-3-7-17-12-19(14-28-13-17)21-10-11-22(34-21)26-16-31(23(32)18-8-5-4-6-9-18)15-20(26)24(33)30(2)25(27)29-26;1-31-23(34)19-11-32(22(33)15-3-2-4-18(26)8-15)13-25(19,30-24(31)29)21-9-17(12-35-21)14-5-6-20(27)16(7-14)10-28;1-24-18(27)14-10-25(11-20(14,23-19(24)21)16-7-4-8-28-16)17(26)13-9-22-15-6-3-2-5-12(13)15;1-24-17(26)13-10-25(11-20(13,23-19(24)21)16-7-4-8-28-16)18(27)15-9-12-5-2-3-6-14(12)22-15/h10-14,18,20H,4-6,8-9,15-16H2,1-2H3,(H2,27,29);2-9,12,19H,11,13H2,1H3,(H2,29,30);2-9,14,22H,10-11H2,1H3,(H2,21,23);2-9,13,22H,10-11H2,1H3,(H2,21,23)/t;19?,25-;;/m.0../s1. The quantitative estimate of drug-likeness (QED) is 0.0694. The second-order valence-corrected chi connectivity index (χ2v) is 36.4. The number of halogens is 2. The number of rotatable bonds is 10. The van der Waals surface area contributed by atoms with Crippen LogP contribution in [0.1, 0.15) is 101 Å². The fraction of sp³-hybridized carbons (Fsp3) is 0.297. The predicted molar refractivity (Wildman–Crippen MR) is 475 cm³/mol. The van der Waals surface area contributed by atoms with Gasteiger partial charge in [0.25, 0.3) is 17.7 Å². The molecular formula is C91H86F2N20O8S4. The number of carbonyl (C=O) groups is 8. The molecule has 0 spiro atoms. The number of nitrogens with two attached hydrogens (primary N) is 4. The van der Waals surface area contributed by atoms with E-state index < -0.39 is 63.4 Å². The molecule has 9 aliphatic rings. The summed E-state index contributed by atoms with van der Waals surface area (Å²) in [6.07, 6.45) is 10.5. The molecule has 8 aliphatic heterocycles. The average Bonchev–Trinajstić information content (AvgIpc) is 1.58. The number of H-pyrrole nitrogens is 2. The van der Waals surface area contributed by atoms with Crippen molar-refractivity contribution in [1.29, 1.82) is 5.26 Å². The van der Waals surface area contributed by atoms with Gasteiger partial charge in [0.1, 0.15) is 45.6 Å². The first-order valence-electron chi connectivity index (χ1n) is 40.6. The normalized spacial score (nSPS) is 23.8. The molecule has 10 N–H and O–H groups in total. The second kappa shape index (κ2) is 33.3. The molecule has 20 rings (SSSR count). The first-order chi connectivity index (χ1) is 60.2. The topological polar surface area (TPSA) is 384 Å². The van der Waals surface area contributed by atoms with E-state index in [-0.39, 0.29) is 95.3 Å². The van der Waals surface area contributed by atoms with Crippen LogP contribution in [0.2, 0.25) is 0 Å². The molecule has 11 aromatic rings. The van der Waals surface area contributed by atoms with Crippen molar-refractivity contribution in [2.24, 2.45) is 72.5 Å². The molecule has 15 heterocycles. The van der Waals surface area contributed by atoms with E-state index in [1.165, 1.54) is 102 Å². The molecule has 7 unspecified atom stereocenters. The lowest BCUT2D eigenvalue weighted by Crippen LogP contribution is -2.54. The predicted octanol–water partition coefficient (Wildman–Crippen LogP) is 10.5. The number of hydrogen-bond donors (Lipinski definition) is 6. The van der Waals surface area contributed by atoms with Crippen molar-refractivity contribution < 1.29 is 47.1 Å². The number of amides is 8. The molecule has 8 amide bonds. The van der Waals surface area contributed by atoms with Gasteiger partial charge in [-0.3, -0.25) is 62.9 Å². The monoisotopic (exact) mass is 1750 g/mol. The van der Waals surface area contributed by atoms with E-state index >= 15 is 0 Å². The number of hydrogen-bond acceptors (Lipinski definition) is 22. The highest BCUT2D eigenvalue weighted by Crippen LogP contribution is 2.52. The van der Waals surface area contributed by atoms with Gasteiger partial charge >= 0.3 is 0 Å². The van der Waals surface area contributed by atoms with Crippen molar-refractivity contribution in [3.05, 3.63) is 239 Å². The zero-order valence-corrected chi connectivity index (χ0v) is 71.9. The molecule has 28 nitrogen and oxygen atoms in total. The van der Waals surface area contributed by atoms with Gasteiger partial charge < -0.3 is 52.5 Å². The highest BCUT2D eigenvalue weighted by molar-refractivity contribution is 7.15. The molecule has 0 radical (unpaired) electrons. The summed E-state index contributed by atoms with van der Waals surface area (Å²) in [5.41, 5.74) is 27.1. The van der Waals surface area contributed by atoms with Crippen LogP contribution in [0.5, 0.6) is 0 Å². The largest absolute Gasteiger partial charge is 0.369 e. The smallest absolute Gasteiger partial charge is 0.270 e. The number of nitriles is 1. The van der Waals surface area contributed by atoms with E-state index in [1.54, 1.807) is 67.7 Å². The Hall–Kier alpha value is -13.5. The molecule has 636 valence electrons.